The average molecular weight is 341 g/mol. The van der Waals surface area contributed by atoms with Crippen LogP contribution in [0.1, 0.15) is 18.0 Å². The molecule has 0 saturated carbocycles. The third kappa shape index (κ3) is 4.43. The maximum Gasteiger partial charge on any atom is 0.251 e. The maximum absolute atomic E-state index is 12.4. The van der Waals surface area contributed by atoms with E-state index >= 15 is 0 Å². The van der Waals surface area contributed by atoms with Gasteiger partial charge in [0.25, 0.3) is 5.91 Å². The van der Waals surface area contributed by atoms with Crippen molar-refractivity contribution >= 4 is 23.4 Å². The molecule has 0 radical (unpaired) electrons. The Hall–Kier alpha value is -1.63. The molecule has 1 aliphatic heterocycles. The normalized spacial score (nSPS) is 21.3. The van der Waals surface area contributed by atoms with E-state index in [1.165, 1.54) is 0 Å². The van der Waals surface area contributed by atoms with Crippen molar-refractivity contribution in [2.75, 3.05) is 33.9 Å². The molecule has 126 valence electrons. The quantitative estimate of drug-likeness (QED) is 0.795. The molecular formula is C16H21ClN2O4. The van der Waals surface area contributed by atoms with E-state index in [1.807, 2.05) is 0 Å². The second-order valence-corrected chi connectivity index (χ2v) is 5.81. The molecule has 2 rings (SSSR count). The number of carbonyl (C=O) groups excluding carboxylic acids is 2. The van der Waals surface area contributed by atoms with Gasteiger partial charge in [-0.15, -0.1) is 0 Å². The standard InChI is InChI=1S/C16H21ClN2O4/c1-19-13(20)10-23-15(16(21)18-8-3-9-22-2)14(19)11-4-6-12(17)7-5-11/h4-7,14-15H,3,8-10H2,1-2H3,(H,18,21)/t14-,15+/m0/s1. The Morgan fingerprint density at radius 1 is 1.43 bits per heavy atom. The first kappa shape index (κ1) is 17.7. The fourth-order valence-corrected chi connectivity index (χ4v) is 2.64. The minimum Gasteiger partial charge on any atom is -0.385 e. The van der Waals surface area contributed by atoms with Crippen molar-refractivity contribution in [3.05, 3.63) is 34.9 Å². The second-order valence-electron chi connectivity index (χ2n) is 5.37. The topological polar surface area (TPSA) is 67.9 Å². The second kappa shape index (κ2) is 8.29. The molecule has 2 atom stereocenters. The molecule has 0 aliphatic carbocycles. The van der Waals surface area contributed by atoms with Crippen LogP contribution in [0.2, 0.25) is 5.02 Å². The van der Waals surface area contributed by atoms with Gasteiger partial charge in [-0.25, -0.2) is 0 Å². The zero-order chi connectivity index (χ0) is 16.8. The Morgan fingerprint density at radius 3 is 2.78 bits per heavy atom. The van der Waals surface area contributed by atoms with Gasteiger partial charge in [0.1, 0.15) is 6.61 Å². The monoisotopic (exact) mass is 340 g/mol. The highest BCUT2D eigenvalue weighted by Gasteiger charge is 2.39. The summed E-state index contributed by atoms with van der Waals surface area (Å²) in [7, 11) is 3.29. The number of hydrogen-bond donors (Lipinski definition) is 1. The fraction of sp³-hybridized carbons (Fsp3) is 0.500. The van der Waals surface area contributed by atoms with Crippen molar-refractivity contribution in [1.82, 2.24) is 10.2 Å². The zero-order valence-electron chi connectivity index (χ0n) is 13.3. The van der Waals surface area contributed by atoms with Gasteiger partial charge in [0, 0.05) is 32.3 Å². The lowest BCUT2D eigenvalue weighted by molar-refractivity contribution is -0.162. The van der Waals surface area contributed by atoms with Crippen LogP contribution in [0.5, 0.6) is 0 Å². The molecule has 7 heteroatoms. The molecule has 1 aromatic carbocycles. The number of halogens is 1. The van der Waals surface area contributed by atoms with Crippen molar-refractivity contribution in [3.8, 4) is 0 Å². The average Bonchev–Trinajstić information content (AvgIpc) is 2.55. The predicted molar refractivity (Wildman–Crippen MR) is 86.2 cm³/mol. The number of rotatable bonds is 6. The fourth-order valence-electron chi connectivity index (χ4n) is 2.52. The van der Waals surface area contributed by atoms with Crippen LogP contribution in [0.3, 0.4) is 0 Å². The summed E-state index contributed by atoms with van der Waals surface area (Å²) in [5, 5.41) is 3.42. The van der Waals surface area contributed by atoms with Crippen LogP contribution in [-0.2, 0) is 19.1 Å². The van der Waals surface area contributed by atoms with Crippen molar-refractivity contribution in [3.63, 3.8) is 0 Å². The summed E-state index contributed by atoms with van der Waals surface area (Å²) >= 11 is 5.91. The molecular weight excluding hydrogens is 320 g/mol. The van der Waals surface area contributed by atoms with Gasteiger partial charge in [0.15, 0.2) is 6.10 Å². The van der Waals surface area contributed by atoms with Crippen LogP contribution >= 0.6 is 11.6 Å². The number of nitrogens with zero attached hydrogens (tertiary/aromatic N) is 1. The highest BCUT2D eigenvalue weighted by Crippen LogP contribution is 2.30. The molecule has 2 amide bonds. The zero-order valence-corrected chi connectivity index (χ0v) is 14.0. The first-order valence-electron chi connectivity index (χ1n) is 7.44. The number of likely N-dealkylation sites (N-methyl/N-ethyl adjacent to an activating group) is 1. The van der Waals surface area contributed by atoms with Crippen molar-refractivity contribution in [1.29, 1.82) is 0 Å². The summed E-state index contributed by atoms with van der Waals surface area (Å²) < 4.78 is 10.5. The van der Waals surface area contributed by atoms with Gasteiger partial charge in [-0.1, -0.05) is 23.7 Å². The van der Waals surface area contributed by atoms with Crippen LogP contribution in [0.15, 0.2) is 24.3 Å². The minimum atomic E-state index is -0.749. The lowest BCUT2D eigenvalue weighted by Gasteiger charge is -2.38. The lowest BCUT2D eigenvalue weighted by Crippen LogP contribution is -2.53. The van der Waals surface area contributed by atoms with Crippen LogP contribution in [0, 0.1) is 0 Å². The number of ether oxygens (including phenoxy) is 2. The molecule has 0 unspecified atom stereocenters. The predicted octanol–water partition coefficient (Wildman–Crippen LogP) is 1.39. The first-order chi connectivity index (χ1) is 11.0. The summed E-state index contributed by atoms with van der Waals surface area (Å²) in [6.45, 7) is 0.971. The van der Waals surface area contributed by atoms with Crippen LogP contribution in [0.25, 0.3) is 0 Å². The Morgan fingerprint density at radius 2 is 2.13 bits per heavy atom. The molecule has 1 aliphatic rings. The van der Waals surface area contributed by atoms with Gasteiger partial charge in [-0.2, -0.15) is 0 Å². The molecule has 1 heterocycles. The number of amides is 2. The molecule has 1 fully saturated rings. The Bertz CT molecular complexity index is 550. The van der Waals surface area contributed by atoms with E-state index in [0.717, 1.165) is 12.0 Å². The van der Waals surface area contributed by atoms with Crippen LogP contribution in [0.4, 0.5) is 0 Å². The molecule has 1 saturated heterocycles. The maximum atomic E-state index is 12.4. The number of morpholine rings is 1. The molecule has 0 spiro atoms. The van der Waals surface area contributed by atoms with Gasteiger partial charge in [-0.05, 0) is 24.1 Å². The van der Waals surface area contributed by atoms with E-state index < -0.39 is 12.1 Å². The lowest BCUT2D eigenvalue weighted by atomic mass is 9.97. The van der Waals surface area contributed by atoms with Crippen molar-refractivity contribution in [2.45, 2.75) is 18.6 Å². The Balaban J connectivity index is 2.13. The highest BCUT2D eigenvalue weighted by molar-refractivity contribution is 6.30. The van der Waals surface area contributed by atoms with E-state index in [9.17, 15) is 9.59 Å². The number of benzene rings is 1. The molecule has 0 aromatic heterocycles. The number of carbonyl (C=O) groups is 2. The van der Waals surface area contributed by atoms with Crippen LogP contribution < -0.4 is 5.32 Å². The first-order valence-corrected chi connectivity index (χ1v) is 7.81. The van der Waals surface area contributed by atoms with Crippen molar-refractivity contribution < 1.29 is 19.1 Å². The molecule has 1 aromatic rings. The Kier molecular flexibility index (Phi) is 6.38. The van der Waals surface area contributed by atoms with Gasteiger partial charge >= 0.3 is 0 Å². The summed E-state index contributed by atoms with van der Waals surface area (Å²) in [4.78, 5) is 25.9. The van der Waals surface area contributed by atoms with E-state index in [-0.39, 0.29) is 18.4 Å². The Labute approximate surface area is 140 Å². The van der Waals surface area contributed by atoms with Gasteiger partial charge in [0.2, 0.25) is 5.91 Å². The van der Waals surface area contributed by atoms with E-state index in [0.29, 0.717) is 18.2 Å². The van der Waals surface area contributed by atoms with Gasteiger partial charge < -0.3 is 19.7 Å². The molecule has 1 N–H and O–H groups in total. The number of nitrogens with one attached hydrogen (secondary N) is 1. The third-order valence-electron chi connectivity index (χ3n) is 3.78. The van der Waals surface area contributed by atoms with E-state index in [2.05, 4.69) is 5.32 Å². The third-order valence-corrected chi connectivity index (χ3v) is 4.03. The van der Waals surface area contributed by atoms with Crippen LogP contribution in [-0.4, -0.2) is 56.7 Å². The molecule has 6 nitrogen and oxygen atoms in total. The largest absolute Gasteiger partial charge is 0.385 e. The van der Waals surface area contributed by atoms with Gasteiger partial charge in [0.05, 0.1) is 6.04 Å². The van der Waals surface area contributed by atoms with Crippen molar-refractivity contribution in [2.24, 2.45) is 0 Å². The molecule has 23 heavy (non-hydrogen) atoms. The smallest absolute Gasteiger partial charge is 0.251 e. The molecule has 0 bridgehead atoms. The summed E-state index contributed by atoms with van der Waals surface area (Å²) in [6.07, 6.45) is -0.0311. The van der Waals surface area contributed by atoms with E-state index in [4.69, 9.17) is 21.1 Å². The highest BCUT2D eigenvalue weighted by atomic mass is 35.5. The van der Waals surface area contributed by atoms with E-state index in [1.54, 1.807) is 43.3 Å². The SMILES string of the molecule is COCCCNC(=O)[C@@H]1OCC(=O)N(C)[C@H]1c1ccc(Cl)cc1. The number of hydrogen-bond acceptors (Lipinski definition) is 4. The summed E-state index contributed by atoms with van der Waals surface area (Å²) in [5.74, 6) is -0.395. The van der Waals surface area contributed by atoms with Gasteiger partial charge in [-0.3, -0.25) is 9.59 Å². The summed E-state index contributed by atoms with van der Waals surface area (Å²) in [5.41, 5.74) is 0.807. The minimum absolute atomic E-state index is 0.100. The number of methoxy groups -OCH3 is 1. The summed E-state index contributed by atoms with van der Waals surface area (Å²) in [6, 6.07) is 6.60.